The number of carboxylic acids is 1. The first kappa shape index (κ1) is 18.9. The molecule has 0 atom stereocenters. The number of carbonyl (C=O) groups excluding carboxylic acids is 1. The van der Waals surface area contributed by atoms with E-state index in [-0.39, 0.29) is 5.91 Å². The molecule has 1 aromatic heterocycles. The zero-order valence-corrected chi connectivity index (χ0v) is 15.9. The smallest absolute Gasteiger partial charge is 0.335 e. The van der Waals surface area contributed by atoms with E-state index in [4.69, 9.17) is 0 Å². The third-order valence-electron chi connectivity index (χ3n) is 5.46. The van der Waals surface area contributed by atoms with Crippen LogP contribution in [0.1, 0.15) is 39.1 Å². The number of rotatable bonds is 5. The summed E-state index contributed by atoms with van der Waals surface area (Å²) in [4.78, 5) is 26.1. The topological polar surface area (TPSA) is 88.3 Å². The van der Waals surface area contributed by atoms with Gasteiger partial charge in [-0.1, -0.05) is 23.4 Å². The molecule has 148 valence electrons. The van der Waals surface area contributed by atoms with Crippen molar-refractivity contribution in [1.29, 1.82) is 0 Å². The third kappa shape index (κ3) is 4.18. The van der Waals surface area contributed by atoms with E-state index in [1.807, 2.05) is 41.3 Å². The van der Waals surface area contributed by atoms with Crippen molar-refractivity contribution in [3.05, 3.63) is 77.6 Å². The maximum atomic E-state index is 12.8. The number of hydrogen-bond donors (Lipinski definition) is 1. The minimum absolute atomic E-state index is 0.0273. The van der Waals surface area contributed by atoms with Gasteiger partial charge in [0.2, 0.25) is 0 Å². The van der Waals surface area contributed by atoms with E-state index < -0.39 is 5.97 Å². The average molecular weight is 390 g/mol. The van der Waals surface area contributed by atoms with Crippen molar-refractivity contribution >= 4 is 11.9 Å². The zero-order valence-electron chi connectivity index (χ0n) is 15.9. The molecule has 7 nitrogen and oxygen atoms in total. The van der Waals surface area contributed by atoms with E-state index in [9.17, 15) is 14.7 Å². The van der Waals surface area contributed by atoms with E-state index >= 15 is 0 Å². The Morgan fingerprint density at radius 3 is 2.41 bits per heavy atom. The van der Waals surface area contributed by atoms with Gasteiger partial charge in [-0.3, -0.25) is 4.79 Å². The van der Waals surface area contributed by atoms with Gasteiger partial charge >= 0.3 is 5.97 Å². The zero-order chi connectivity index (χ0) is 20.2. The Hall–Kier alpha value is -3.48. The molecule has 1 amide bonds. The molecule has 1 saturated heterocycles. The lowest BCUT2D eigenvalue weighted by atomic mass is 9.88. The molecule has 1 N–H and O–H groups in total. The summed E-state index contributed by atoms with van der Waals surface area (Å²) in [6.07, 6.45) is 5.84. The first-order valence-corrected chi connectivity index (χ1v) is 9.69. The maximum Gasteiger partial charge on any atom is 0.335 e. The highest BCUT2D eigenvalue weighted by atomic mass is 16.4. The monoisotopic (exact) mass is 390 g/mol. The maximum absolute atomic E-state index is 12.8. The quantitative estimate of drug-likeness (QED) is 0.723. The largest absolute Gasteiger partial charge is 0.478 e. The second kappa shape index (κ2) is 8.26. The SMILES string of the molecule is O=C(O)c1ccccc1CC1CCN(C(=O)c2ccc(-n3ccnn3)cc2)CC1. The van der Waals surface area contributed by atoms with Crippen LogP contribution in [0.4, 0.5) is 0 Å². The number of benzene rings is 2. The van der Waals surface area contributed by atoms with Crippen molar-refractivity contribution in [3.63, 3.8) is 0 Å². The molecule has 1 aliphatic rings. The highest BCUT2D eigenvalue weighted by Gasteiger charge is 2.25. The minimum Gasteiger partial charge on any atom is -0.478 e. The number of amides is 1. The van der Waals surface area contributed by atoms with Gasteiger partial charge in [-0.25, -0.2) is 9.48 Å². The molecule has 3 aromatic rings. The van der Waals surface area contributed by atoms with E-state index in [2.05, 4.69) is 10.3 Å². The van der Waals surface area contributed by atoms with Crippen molar-refractivity contribution in [2.24, 2.45) is 5.92 Å². The van der Waals surface area contributed by atoms with Crippen LogP contribution < -0.4 is 0 Å². The molecule has 0 saturated carbocycles. The molecule has 0 radical (unpaired) electrons. The predicted molar refractivity (Wildman–Crippen MR) is 107 cm³/mol. The Labute approximate surface area is 168 Å². The summed E-state index contributed by atoms with van der Waals surface area (Å²) >= 11 is 0. The van der Waals surface area contributed by atoms with Crippen molar-refractivity contribution in [3.8, 4) is 5.69 Å². The third-order valence-corrected chi connectivity index (χ3v) is 5.46. The lowest BCUT2D eigenvalue weighted by molar-refractivity contribution is 0.0690. The van der Waals surface area contributed by atoms with Crippen LogP contribution in [0.15, 0.2) is 60.9 Å². The van der Waals surface area contributed by atoms with Gasteiger partial charge in [-0.05, 0) is 61.1 Å². The Morgan fingerprint density at radius 2 is 1.76 bits per heavy atom. The molecule has 0 unspecified atom stereocenters. The Morgan fingerprint density at radius 1 is 1.03 bits per heavy atom. The summed E-state index contributed by atoms with van der Waals surface area (Å²) in [5, 5.41) is 17.1. The van der Waals surface area contributed by atoms with Crippen LogP contribution in [-0.4, -0.2) is 50.0 Å². The molecule has 1 aliphatic heterocycles. The molecule has 2 aromatic carbocycles. The van der Waals surface area contributed by atoms with Crippen LogP contribution in [0.25, 0.3) is 5.69 Å². The van der Waals surface area contributed by atoms with E-state index in [1.54, 1.807) is 29.2 Å². The molecule has 7 heteroatoms. The Balaban J connectivity index is 1.36. The van der Waals surface area contributed by atoms with Crippen LogP contribution in [0.5, 0.6) is 0 Å². The highest BCUT2D eigenvalue weighted by Crippen LogP contribution is 2.24. The van der Waals surface area contributed by atoms with Crippen LogP contribution in [-0.2, 0) is 6.42 Å². The number of hydrogen-bond acceptors (Lipinski definition) is 4. The number of aromatic carboxylic acids is 1. The molecular formula is C22H22N4O3. The first-order chi connectivity index (χ1) is 14.1. The van der Waals surface area contributed by atoms with Gasteiger partial charge in [-0.15, -0.1) is 5.10 Å². The van der Waals surface area contributed by atoms with Crippen LogP contribution >= 0.6 is 0 Å². The molecular weight excluding hydrogens is 368 g/mol. The van der Waals surface area contributed by atoms with E-state index in [1.165, 1.54) is 0 Å². The number of piperidine rings is 1. The fraction of sp³-hybridized carbons (Fsp3) is 0.273. The molecule has 0 aliphatic carbocycles. The summed E-state index contributed by atoms with van der Waals surface area (Å²) in [6.45, 7) is 1.37. The van der Waals surface area contributed by atoms with Gasteiger partial charge in [0.05, 0.1) is 23.6 Å². The van der Waals surface area contributed by atoms with Gasteiger partial charge in [0.1, 0.15) is 0 Å². The minimum atomic E-state index is -0.887. The molecule has 4 rings (SSSR count). The standard InChI is InChI=1S/C22H22N4O3/c27-21(17-5-7-19(8-6-17)26-14-11-23-24-26)25-12-9-16(10-13-25)15-18-3-1-2-4-20(18)22(28)29/h1-8,11,14,16H,9-10,12-13,15H2,(H,28,29). The van der Waals surface area contributed by atoms with Crippen molar-refractivity contribution < 1.29 is 14.7 Å². The fourth-order valence-corrected chi connectivity index (χ4v) is 3.84. The molecule has 2 heterocycles. The van der Waals surface area contributed by atoms with Gasteiger partial charge in [0.15, 0.2) is 0 Å². The Bertz CT molecular complexity index is 991. The van der Waals surface area contributed by atoms with Crippen molar-refractivity contribution in [1.82, 2.24) is 19.9 Å². The summed E-state index contributed by atoms with van der Waals surface area (Å²) in [7, 11) is 0. The van der Waals surface area contributed by atoms with Gasteiger partial charge in [-0.2, -0.15) is 0 Å². The van der Waals surface area contributed by atoms with Crippen LogP contribution in [0, 0.1) is 5.92 Å². The molecule has 29 heavy (non-hydrogen) atoms. The normalized spacial score (nSPS) is 14.7. The van der Waals surface area contributed by atoms with Gasteiger partial charge in [0, 0.05) is 18.7 Å². The summed E-state index contributed by atoms with van der Waals surface area (Å²) in [6, 6.07) is 14.5. The number of likely N-dealkylation sites (tertiary alicyclic amines) is 1. The van der Waals surface area contributed by atoms with Crippen LogP contribution in [0.3, 0.4) is 0 Å². The lowest BCUT2D eigenvalue weighted by Crippen LogP contribution is -2.39. The van der Waals surface area contributed by atoms with Crippen LogP contribution in [0.2, 0.25) is 0 Å². The second-order valence-corrected chi connectivity index (χ2v) is 7.30. The molecule has 1 fully saturated rings. The van der Waals surface area contributed by atoms with Gasteiger partial charge in [0.25, 0.3) is 5.91 Å². The average Bonchev–Trinajstić information content (AvgIpc) is 3.29. The first-order valence-electron chi connectivity index (χ1n) is 9.69. The number of nitrogens with zero attached hydrogens (tertiary/aromatic N) is 4. The molecule has 0 spiro atoms. The van der Waals surface area contributed by atoms with Gasteiger partial charge < -0.3 is 10.0 Å². The predicted octanol–water partition coefficient (Wildman–Crippen LogP) is 3.06. The number of carbonyl (C=O) groups is 2. The summed E-state index contributed by atoms with van der Waals surface area (Å²) < 4.78 is 1.65. The Kier molecular flexibility index (Phi) is 5.37. The number of aromatic nitrogens is 3. The summed E-state index contributed by atoms with van der Waals surface area (Å²) in [5.74, 6) is -0.476. The van der Waals surface area contributed by atoms with Crippen molar-refractivity contribution in [2.45, 2.75) is 19.3 Å². The van der Waals surface area contributed by atoms with Crippen molar-refractivity contribution in [2.75, 3.05) is 13.1 Å². The second-order valence-electron chi connectivity index (χ2n) is 7.30. The highest BCUT2D eigenvalue weighted by molar-refractivity contribution is 5.94. The summed E-state index contributed by atoms with van der Waals surface area (Å²) in [5.41, 5.74) is 2.75. The lowest BCUT2D eigenvalue weighted by Gasteiger charge is -2.32. The van der Waals surface area contributed by atoms with E-state index in [0.29, 0.717) is 30.1 Å². The molecule has 0 bridgehead atoms. The fourth-order valence-electron chi connectivity index (χ4n) is 3.84. The number of carboxylic acid groups (broad SMARTS) is 1. The van der Waals surface area contributed by atoms with E-state index in [0.717, 1.165) is 30.5 Å².